The molecule has 90 valence electrons. The second-order valence-corrected chi connectivity index (χ2v) is 4.12. The van der Waals surface area contributed by atoms with Crippen molar-refractivity contribution in [2.75, 3.05) is 13.2 Å². The molecule has 17 heavy (non-hydrogen) atoms. The van der Waals surface area contributed by atoms with Crippen molar-refractivity contribution in [2.45, 2.75) is 6.54 Å². The van der Waals surface area contributed by atoms with E-state index in [-0.39, 0.29) is 6.61 Å². The molecule has 0 unspecified atom stereocenters. The Kier molecular flexibility index (Phi) is 4.14. The first-order chi connectivity index (χ1) is 8.31. The van der Waals surface area contributed by atoms with Crippen molar-refractivity contribution in [2.24, 2.45) is 0 Å². The predicted octanol–water partition coefficient (Wildman–Crippen LogP) is 1.81. The standard InChI is InChI=1S/C12H14ClN3O/c13-11-3-1-2-9(6-11)12-10(8-15-16-12)7-14-4-5-17/h1-3,6,8,14,17H,4-5,7H2,(H,15,16). The Morgan fingerprint density at radius 1 is 1.41 bits per heavy atom. The molecule has 0 spiro atoms. The van der Waals surface area contributed by atoms with Gasteiger partial charge < -0.3 is 10.4 Å². The van der Waals surface area contributed by atoms with Gasteiger partial charge in [0, 0.05) is 29.2 Å². The number of halogens is 1. The number of hydrogen-bond acceptors (Lipinski definition) is 3. The molecule has 2 aromatic rings. The number of benzene rings is 1. The van der Waals surface area contributed by atoms with E-state index in [0.717, 1.165) is 16.8 Å². The molecule has 3 N–H and O–H groups in total. The SMILES string of the molecule is OCCNCc1cn[nH]c1-c1cccc(Cl)c1. The van der Waals surface area contributed by atoms with Gasteiger partial charge in [-0.05, 0) is 12.1 Å². The van der Waals surface area contributed by atoms with Crippen LogP contribution >= 0.6 is 11.6 Å². The molecule has 0 atom stereocenters. The Balaban J connectivity index is 2.18. The molecule has 4 nitrogen and oxygen atoms in total. The Bertz CT molecular complexity index is 484. The van der Waals surface area contributed by atoms with Crippen LogP contribution in [0.1, 0.15) is 5.56 Å². The first-order valence-corrected chi connectivity index (χ1v) is 5.79. The summed E-state index contributed by atoms with van der Waals surface area (Å²) in [6.45, 7) is 1.36. The first kappa shape index (κ1) is 12.1. The number of aliphatic hydroxyl groups excluding tert-OH is 1. The lowest BCUT2D eigenvalue weighted by Gasteiger charge is -2.04. The van der Waals surface area contributed by atoms with Crippen LogP contribution < -0.4 is 5.32 Å². The van der Waals surface area contributed by atoms with Crippen LogP contribution in [0, 0.1) is 0 Å². The molecule has 1 aromatic carbocycles. The Morgan fingerprint density at radius 2 is 2.29 bits per heavy atom. The molecule has 0 bridgehead atoms. The van der Waals surface area contributed by atoms with E-state index in [0.29, 0.717) is 18.1 Å². The lowest BCUT2D eigenvalue weighted by Crippen LogP contribution is -2.17. The van der Waals surface area contributed by atoms with Crippen molar-refractivity contribution in [3.8, 4) is 11.3 Å². The van der Waals surface area contributed by atoms with Gasteiger partial charge >= 0.3 is 0 Å². The minimum absolute atomic E-state index is 0.129. The van der Waals surface area contributed by atoms with E-state index in [9.17, 15) is 0 Å². The second kappa shape index (κ2) is 5.82. The van der Waals surface area contributed by atoms with Gasteiger partial charge in [-0.15, -0.1) is 0 Å². The minimum atomic E-state index is 0.129. The molecule has 0 radical (unpaired) electrons. The lowest BCUT2D eigenvalue weighted by molar-refractivity contribution is 0.292. The minimum Gasteiger partial charge on any atom is -0.395 e. The normalized spacial score (nSPS) is 10.7. The molecule has 0 saturated carbocycles. The van der Waals surface area contributed by atoms with Gasteiger partial charge in [0.1, 0.15) is 0 Å². The summed E-state index contributed by atoms with van der Waals surface area (Å²) in [5, 5.41) is 19.5. The zero-order valence-corrected chi connectivity index (χ0v) is 10.0. The molecular weight excluding hydrogens is 238 g/mol. The Morgan fingerprint density at radius 3 is 3.06 bits per heavy atom. The van der Waals surface area contributed by atoms with Crippen LogP contribution in [0.5, 0.6) is 0 Å². The summed E-state index contributed by atoms with van der Waals surface area (Å²) in [5.74, 6) is 0. The molecule has 0 amide bonds. The van der Waals surface area contributed by atoms with Crippen molar-refractivity contribution >= 4 is 11.6 Å². The van der Waals surface area contributed by atoms with Gasteiger partial charge in [-0.3, -0.25) is 5.10 Å². The average Bonchev–Trinajstić information content (AvgIpc) is 2.78. The Labute approximate surface area is 105 Å². The fraction of sp³-hybridized carbons (Fsp3) is 0.250. The molecule has 0 aliphatic heterocycles. The van der Waals surface area contributed by atoms with Crippen LogP contribution in [0.25, 0.3) is 11.3 Å². The van der Waals surface area contributed by atoms with E-state index in [1.165, 1.54) is 0 Å². The third-order valence-corrected chi connectivity index (χ3v) is 2.67. The molecule has 1 aromatic heterocycles. The zero-order valence-electron chi connectivity index (χ0n) is 9.28. The highest BCUT2D eigenvalue weighted by Crippen LogP contribution is 2.23. The van der Waals surface area contributed by atoms with E-state index in [2.05, 4.69) is 15.5 Å². The van der Waals surface area contributed by atoms with E-state index >= 15 is 0 Å². The van der Waals surface area contributed by atoms with Gasteiger partial charge in [0.15, 0.2) is 0 Å². The van der Waals surface area contributed by atoms with Gasteiger partial charge in [-0.1, -0.05) is 23.7 Å². The smallest absolute Gasteiger partial charge is 0.0695 e. The first-order valence-electron chi connectivity index (χ1n) is 5.41. The molecule has 0 aliphatic rings. The maximum absolute atomic E-state index is 8.71. The number of aliphatic hydroxyl groups is 1. The van der Waals surface area contributed by atoms with Gasteiger partial charge in [0.25, 0.3) is 0 Å². The zero-order chi connectivity index (χ0) is 12.1. The summed E-state index contributed by atoms with van der Waals surface area (Å²) in [5.41, 5.74) is 3.02. The molecule has 2 rings (SSSR count). The summed E-state index contributed by atoms with van der Waals surface area (Å²) >= 11 is 5.96. The summed E-state index contributed by atoms with van der Waals surface area (Å²) < 4.78 is 0. The topological polar surface area (TPSA) is 60.9 Å². The summed E-state index contributed by atoms with van der Waals surface area (Å²) in [7, 11) is 0. The summed E-state index contributed by atoms with van der Waals surface area (Å²) in [6.07, 6.45) is 1.78. The van der Waals surface area contributed by atoms with Crippen molar-refractivity contribution < 1.29 is 5.11 Å². The maximum atomic E-state index is 8.71. The second-order valence-electron chi connectivity index (χ2n) is 3.68. The quantitative estimate of drug-likeness (QED) is 0.711. The molecule has 0 aliphatic carbocycles. The highest BCUT2D eigenvalue weighted by Gasteiger charge is 2.07. The van der Waals surface area contributed by atoms with Crippen molar-refractivity contribution in [3.05, 3.63) is 41.0 Å². The van der Waals surface area contributed by atoms with Crippen LogP contribution in [0.4, 0.5) is 0 Å². The van der Waals surface area contributed by atoms with E-state index in [4.69, 9.17) is 16.7 Å². The molecule has 5 heteroatoms. The number of nitrogens with zero attached hydrogens (tertiary/aromatic N) is 1. The van der Waals surface area contributed by atoms with Crippen LogP contribution in [-0.4, -0.2) is 28.5 Å². The third kappa shape index (κ3) is 3.06. The monoisotopic (exact) mass is 251 g/mol. The van der Waals surface area contributed by atoms with Gasteiger partial charge in [-0.2, -0.15) is 5.10 Å². The molecule has 0 saturated heterocycles. The number of nitrogens with one attached hydrogen (secondary N) is 2. The van der Waals surface area contributed by atoms with Crippen molar-refractivity contribution in [1.82, 2.24) is 15.5 Å². The average molecular weight is 252 g/mol. The summed E-state index contributed by atoms with van der Waals surface area (Å²) in [4.78, 5) is 0. The van der Waals surface area contributed by atoms with Gasteiger partial charge in [-0.25, -0.2) is 0 Å². The fourth-order valence-corrected chi connectivity index (χ4v) is 1.83. The number of hydrogen-bond donors (Lipinski definition) is 3. The lowest BCUT2D eigenvalue weighted by atomic mass is 10.1. The molecule has 0 fully saturated rings. The maximum Gasteiger partial charge on any atom is 0.0695 e. The fourth-order valence-electron chi connectivity index (χ4n) is 1.64. The summed E-state index contributed by atoms with van der Waals surface area (Å²) in [6, 6.07) is 7.62. The largest absolute Gasteiger partial charge is 0.395 e. The number of aromatic amines is 1. The van der Waals surface area contributed by atoms with Gasteiger partial charge in [0.2, 0.25) is 0 Å². The van der Waals surface area contributed by atoms with Crippen LogP contribution in [0.15, 0.2) is 30.5 Å². The van der Waals surface area contributed by atoms with Crippen molar-refractivity contribution in [1.29, 1.82) is 0 Å². The number of rotatable bonds is 5. The number of H-pyrrole nitrogens is 1. The van der Waals surface area contributed by atoms with Crippen LogP contribution in [0.3, 0.4) is 0 Å². The number of aromatic nitrogens is 2. The highest BCUT2D eigenvalue weighted by molar-refractivity contribution is 6.30. The molecular formula is C12H14ClN3O. The van der Waals surface area contributed by atoms with E-state index < -0.39 is 0 Å². The van der Waals surface area contributed by atoms with Gasteiger partial charge in [0.05, 0.1) is 18.5 Å². The third-order valence-electron chi connectivity index (χ3n) is 2.44. The Hall–Kier alpha value is -1.36. The molecule has 1 heterocycles. The predicted molar refractivity (Wildman–Crippen MR) is 67.8 cm³/mol. The van der Waals surface area contributed by atoms with Crippen molar-refractivity contribution in [3.63, 3.8) is 0 Å². The highest BCUT2D eigenvalue weighted by atomic mass is 35.5. The van der Waals surface area contributed by atoms with Crippen LogP contribution in [-0.2, 0) is 6.54 Å². The van der Waals surface area contributed by atoms with Crippen LogP contribution in [0.2, 0.25) is 5.02 Å². The van der Waals surface area contributed by atoms with E-state index in [1.54, 1.807) is 6.20 Å². The van der Waals surface area contributed by atoms with E-state index in [1.807, 2.05) is 24.3 Å².